The van der Waals surface area contributed by atoms with E-state index in [1.165, 1.54) is 5.56 Å². The van der Waals surface area contributed by atoms with Crippen molar-refractivity contribution in [2.45, 2.75) is 39.8 Å². The van der Waals surface area contributed by atoms with Crippen LogP contribution in [0.4, 0.5) is 0 Å². The van der Waals surface area contributed by atoms with Gasteiger partial charge >= 0.3 is 0 Å². The van der Waals surface area contributed by atoms with Crippen LogP contribution in [0.5, 0.6) is 5.75 Å². The van der Waals surface area contributed by atoms with E-state index in [9.17, 15) is 0 Å². The van der Waals surface area contributed by atoms with E-state index in [2.05, 4.69) is 44.0 Å². The third kappa shape index (κ3) is 3.55. The molecule has 0 aliphatic rings. The Balaban J connectivity index is 2.08. The molecule has 0 aliphatic heterocycles. The molecule has 0 spiro atoms. The molecule has 2 N–H and O–H groups in total. The van der Waals surface area contributed by atoms with Crippen molar-refractivity contribution in [1.29, 1.82) is 0 Å². The highest BCUT2D eigenvalue weighted by Gasteiger charge is 2.06. The van der Waals surface area contributed by atoms with Crippen LogP contribution in [0.2, 0.25) is 0 Å². The van der Waals surface area contributed by atoms with Crippen molar-refractivity contribution in [2.75, 3.05) is 0 Å². The maximum absolute atomic E-state index is 5.87. The topological polar surface area (TPSA) is 48.1 Å². The van der Waals surface area contributed by atoms with Crippen LogP contribution in [-0.2, 0) is 13.2 Å². The van der Waals surface area contributed by atoms with Crippen LogP contribution in [0.15, 0.2) is 23.6 Å². The number of ether oxygens (including phenoxy) is 1. The Morgan fingerprint density at radius 1 is 1.37 bits per heavy atom. The van der Waals surface area contributed by atoms with Crippen LogP contribution in [0, 0.1) is 6.92 Å². The summed E-state index contributed by atoms with van der Waals surface area (Å²) in [6, 6.07) is 6.38. The molecule has 3 nitrogen and oxygen atoms in total. The van der Waals surface area contributed by atoms with Gasteiger partial charge in [0.2, 0.25) is 0 Å². The van der Waals surface area contributed by atoms with Gasteiger partial charge in [0.05, 0.1) is 5.69 Å². The zero-order valence-electron chi connectivity index (χ0n) is 11.6. The number of aryl methyl sites for hydroxylation is 1. The first-order valence-electron chi connectivity index (χ1n) is 6.47. The van der Waals surface area contributed by atoms with Crippen LogP contribution < -0.4 is 10.5 Å². The lowest BCUT2D eigenvalue weighted by Gasteiger charge is -2.12. The minimum absolute atomic E-state index is 0.493. The van der Waals surface area contributed by atoms with E-state index in [0.717, 1.165) is 22.0 Å². The molecule has 2 aromatic rings. The molecule has 4 heteroatoms. The molecule has 0 bridgehead atoms. The standard InChI is InChI=1S/C15H20N2OS/c1-10(2)12-5-4-11(3)14(6-12)18-8-13-9-19-15(7-16)17-13/h4-6,9-10H,7-8,16H2,1-3H3. The lowest BCUT2D eigenvalue weighted by Crippen LogP contribution is -2.00. The van der Waals surface area contributed by atoms with Crippen LogP contribution in [0.3, 0.4) is 0 Å². The zero-order valence-corrected chi connectivity index (χ0v) is 12.5. The van der Waals surface area contributed by atoms with Crippen LogP contribution >= 0.6 is 11.3 Å². The number of hydrogen-bond acceptors (Lipinski definition) is 4. The van der Waals surface area contributed by atoms with Gasteiger partial charge in [-0.3, -0.25) is 0 Å². The number of thiazole rings is 1. The molecule has 2 rings (SSSR count). The second kappa shape index (κ2) is 6.17. The largest absolute Gasteiger partial charge is 0.487 e. The first-order chi connectivity index (χ1) is 9.10. The fraction of sp³-hybridized carbons (Fsp3) is 0.400. The van der Waals surface area contributed by atoms with Crippen LogP contribution in [0.1, 0.15) is 41.6 Å². The first-order valence-corrected chi connectivity index (χ1v) is 7.34. The number of rotatable bonds is 5. The summed E-state index contributed by atoms with van der Waals surface area (Å²) in [6.07, 6.45) is 0. The summed E-state index contributed by atoms with van der Waals surface area (Å²) in [4.78, 5) is 4.40. The predicted molar refractivity (Wildman–Crippen MR) is 79.6 cm³/mol. The number of aromatic nitrogens is 1. The Kier molecular flexibility index (Phi) is 4.56. The molecule has 1 aromatic carbocycles. The monoisotopic (exact) mass is 276 g/mol. The smallest absolute Gasteiger partial charge is 0.131 e. The maximum Gasteiger partial charge on any atom is 0.131 e. The van der Waals surface area contributed by atoms with E-state index in [1.54, 1.807) is 11.3 Å². The molecule has 0 unspecified atom stereocenters. The number of nitrogens with two attached hydrogens (primary N) is 1. The molecule has 102 valence electrons. The Hall–Kier alpha value is -1.39. The molecule has 0 saturated heterocycles. The minimum atomic E-state index is 0.493. The average molecular weight is 276 g/mol. The highest BCUT2D eigenvalue weighted by atomic mass is 32.1. The van der Waals surface area contributed by atoms with Crippen molar-refractivity contribution >= 4 is 11.3 Å². The fourth-order valence-electron chi connectivity index (χ4n) is 1.79. The van der Waals surface area contributed by atoms with Crippen molar-refractivity contribution in [1.82, 2.24) is 4.98 Å². The molecule has 0 amide bonds. The first kappa shape index (κ1) is 14.0. The molecule has 19 heavy (non-hydrogen) atoms. The van der Waals surface area contributed by atoms with Gasteiger partial charge in [-0.25, -0.2) is 4.98 Å². The van der Waals surface area contributed by atoms with E-state index in [1.807, 2.05) is 5.38 Å². The molecule has 0 saturated carbocycles. The summed E-state index contributed by atoms with van der Waals surface area (Å²) in [5, 5.41) is 2.95. The van der Waals surface area contributed by atoms with Gasteiger partial charge in [-0.05, 0) is 30.0 Å². The third-order valence-electron chi connectivity index (χ3n) is 3.03. The van der Waals surface area contributed by atoms with Gasteiger partial charge in [0.25, 0.3) is 0 Å². The SMILES string of the molecule is Cc1ccc(C(C)C)cc1OCc1csc(CN)n1. The van der Waals surface area contributed by atoms with Crippen LogP contribution in [-0.4, -0.2) is 4.98 Å². The normalized spacial score (nSPS) is 11.0. The van der Waals surface area contributed by atoms with Gasteiger partial charge in [-0.2, -0.15) is 0 Å². The summed E-state index contributed by atoms with van der Waals surface area (Å²) in [6.45, 7) is 7.42. The van der Waals surface area contributed by atoms with Crippen molar-refractivity contribution in [3.05, 3.63) is 45.4 Å². The Labute approximate surface area is 118 Å². The fourth-order valence-corrected chi connectivity index (χ4v) is 2.45. The van der Waals surface area contributed by atoms with Gasteiger partial charge < -0.3 is 10.5 Å². The van der Waals surface area contributed by atoms with E-state index >= 15 is 0 Å². The van der Waals surface area contributed by atoms with Crippen LogP contribution in [0.25, 0.3) is 0 Å². The van der Waals surface area contributed by atoms with Gasteiger partial charge in [0.1, 0.15) is 17.4 Å². The lowest BCUT2D eigenvalue weighted by molar-refractivity contribution is 0.299. The molecule has 0 fully saturated rings. The van der Waals surface area contributed by atoms with E-state index in [4.69, 9.17) is 10.5 Å². The second-order valence-corrected chi connectivity index (χ2v) is 5.85. The average Bonchev–Trinajstić information content (AvgIpc) is 2.85. The Bertz CT molecular complexity index is 549. The third-order valence-corrected chi connectivity index (χ3v) is 3.95. The summed E-state index contributed by atoms with van der Waals surface area (Å²) >= 11 is 1.58. The number of benzene rings is 1. The Morgan fingerprint density at radius 3 is 2.79 bits per heavy atom. The maximum atomic E-state index is 5.87. The van der Waals surface area contributed by atoms with E-state index in [0.29, 0.717) is 19.1 Å². The lowest BCUT2D eigenvalue weighted by atomic mass is 10.0. The zero-order chi connectivity index (χ0) is 13.8. The number of nitrogens with zero attached hydrogens (tertiary/aromatic N) is 1. The predicted octanol–water partition coefficient (Wildman–Crippen LogP) is 3.61. The minimum Gasteiger partial charge on any atom is -0.487 e. The number of hydrogen-bond donors (Lipinski definition) is 1. The van der Waals surface area contributed by atoms with Gasteiger partial charge in [0.15, 0.2) is 0 Å². The second-order valence-electron chi connectivity index (χ2n) is 4.91. The molecule has 0 atom stereocenters. The molecular weight excluding hydrogens is 256 g/mol. The van der Waals surface area contributed by atoms with Gasteiger partial charge in [-0.1, -0.05) is 26.0 Å². The van der Waals surface area contributed by atoms with E-state index in [-0.39, 0.29) is 0 Å². The highest BCUT2D eigenvalue weighted by Crippen LogP contribution is 2.25. The Morgan fingerprint density at radius 2 is 2.16 bits per heavy atom. The van der Waals surface area contributed by atoms with Crippen molar-refractivity contribution in [3.63, 3.8) is 0 Å². The van der Waals surface area contributed by atoms with Gasteiger partial charge in [-0.15, -0.1) is 11.3 Å². The highest BCUT2D eigenvalue weighted by molar-refractivity contribution is 7.09. The van der Waals surface area contributed by atoms with Crippen molar-refractivity contribution < 1.29 is 4.74 Å². The molecule has 0 aliphatic carbocycles. The van der Waals surface area contributed by atoms with Crippen molar-refractivity contribution in [2.24, 2.45) is 5.73 Å². The summed E-state index contributed by atoms with van der Waals surface area (Å²) < 4.78 is 5.87. The molecule has 1 heterocycles. The molecule has 1 aromatic heterocycles. The van der Waals surface area contributed by atoms with Crippen molar-refractivity contribution in [3.8, 4) is 5.75 Å². The quantitative estimate of drug-likeness (QED) is 0.907. The summed E-state index contributed by atoms with van der Waals surface area (Å²) in [7, 11) is 0. The van der Waals surface area contributed by atoms with E-state index < -0.39 is 0 Å². The molecular formula is C15H20N2OS. The van der Waals surface area contributed by atoms with Gasteiger partial charge in [0, 0.05) is 11.9 Å². The summed E-state index contributed by atoms with van der Waals surface area (Å²) in [5.74, 6) is 1.44. The molecule has 0 radical (unpaired) electrons. The summed E-state index contributed by atoms with van der Waals surface area (Å²) in [5.41, 5.74) is 8.94.